The summed E-state index contributed by atoms with van der Waals surface area (Å²) >= 11 is 0.704. The summed E-state index contributed by atoms with van der Waals surface area (Å²) in [4.78, 5) is 51.2. The lowest BCUT2D eigenvalue weighted by atomic mass is 10.2. The number of aromatic hydroxyl groups is 1. The molecule has 40 heavy (non-hydrogen) atoms. The van der Waals surface area contributed by atoms with Crippen molar-refractivity contribution < 1.29 is 38.5 Å². The number of nitrogens with zero attached hydrogens (tertiary/aromatic N) is 2. The lowest BCUT2D eigenvalue weighted by molar-refractivity contribution is -0.138. The number of phenols is 1. The Bertz CT molecular complexity index is 1540. The number of phenolic OH excluding ortho intramolecular Hbond substituents is 1. The van der Waals surface area contributed by atoms with E-state index in [0.717, 1.165) is 4.90 Å². The van der Waals surface area contributed by atoms with Gasteiger partial charge in [0.05, 0.1) is 30.9 Å². The van der Waals surface area contributed by atoms with Crippen LogP contribution in [-0.2, 0) is 9.59 Å². The number of imide groups is 1. The second-order valence-corrected chi connectivity index (χ2v) is 9.10. The molecule has 1 aliphatic rings. The molecule has 3 amide bonds. The molecule has 4 rings (SSSR count). The molecule has 3 aromatic carbocycles. The molecule has 2 N–H and O–H groups in total. The Kier molecular flexibility index (Phi) is 8.82. The number of ether oxygens (including phenoxy) is 3. The van der Waals surface area contributed by atoms with E-state index < -0.39 is 29.6 Å². The molecule has 0 radical (unpaired) electrons. The van der Waals surface area contributed by atoms with Crippen molar-refractivity contribution >= 4 is 47.1 Å². The highest BCUT2D eigenvalue weighted by molar-refractivity contribution is 8.18. The van der Waals surface area contributed by atoms with Gasteiger partial charge < -0.3 is 19.3 Å². The third kappa shape index (κ3) is 6.48. The van der Waals surface area contributed by atoms with Gasteiger partial charge in [-0.05, 0) is 59.8 Å². The number of rotatable bonds is 9. The van der Waals surface area contributed by atoms with Crippen LogP contribution in [-0.4, -0.2) is 60.0 Å². The molecule has 3 aromatic rings. The van der Waals surface area contributed by atoms with Gasteiger partial charge >= 0.3 is 5.97 Å². The maximum absolute atomic E-state index is 12.9. The molecular weight excluding hydrogens is 538 g/mol. The van der Waals surface area contributed by atoms with Gasteiger partial charge in [-0.1, -0.05) is 30.3 Å². The number of hydrogen-bond acceptors (Lipinski definition) is 10. The van der Waals surface area contributed by atoms with Gasteiger partial charge in [-0.2, -0.15) is 5.10 Å². The van der Waals surface area contributed by atoms with Gasteiger partial charge in [0.1, 0.15) is 18.0 Å². The summed E-state index contributed by atoms with van der Waals surface area (Å²) in [5, 5.41) is 13.0. The molecule has 0 unspecified atom stereocenters. The van der Waals surface area contributed by atoms with Crippen LogP contribution in [0.2, 0.25) is 0 Å². The number of thioether (sulfide) groups is 1. The summed E-state index contributed by atoms with van der Waals surface area (Å²) in [6, 6.07) is 17.4. The number of esters is 1. The van der Waals surface area contributed by atoms with Crippen molar-refractivity contribution in [2.45, 2.75) is 0 Å². The quantitative estimate of drug-likeness (QED) is 0.131. The Morgan fingerprint density at radius 1 is 0.975 bits per heavy atom. The summed E-state index contributed by atoms with van der Waals surface area (Å²) in [5.74, 6) is -1.25. The van der Waals surface area contributed by atoms with Crippen LogP contribution >= 0.6 is 11.8 Å². The number of para-hydroxylation sites is 2. The first-order valence-electron chi connectivity index (χ1n) is 11.7. The Balaban J connectivity index is 1.41. The fourth-order valence-electron chi connectivity index (χ4n) is 3.58. The van der Waals surface area contributed by atoms with Crippen molar-refractivity contribution in [3.63, 3.8) is 0 Å². The molecule has 1 saturated heterocycles. The average Bonchev–Trinajstić information content (AvgIpc) is 3.21. The number of hydrogen-bond donors (Lipinski definition) is 2. The van der Waals surface area contributed by atoms with Crippen LogP contribution in [0.5, 0.6) is 23.0 Å². The third-order valence-electron chi connectivity index (χ3n) is 5.53. The molecule has 204 valence electrons. The van der Waals surface area contributed by atoms with Crippen LogP contribution in [0.25, 0.3) is 6.08 Å². The molecule has 0 spiro atoms. The molecule has 1 aliphatic heterocycles. The number of methoxy groups -OCH3 is 2. The largest absolute Gasteiger partial charge is 0.507 e. The topological polar surface area (TPSA) is 144 Å². The summed E-state index contributed by atoms with van der Waals surface area (Å²) < 4.78 is 15.9. The van der Waals surface area contributed by atoms with Gasteiger partial charge in [0.2, 0.25) is 0 Å². The Morgan fingerprint density at radius 2 is 1.70 bits per heavy atom. The minimum atomic E-state index is -0.853. The van der Waals surface area contributed by atoms with Gasteiger partial charge in [0.25, 0.3) is 17.1 Å². The predicted octanol–water partition coefficient (Wildman–Crippen LogP) is 3.82. The van der Waals surface area contributed by atoms with Gasteiger partial charge in [-0.3, -0.25) is 19.3 Å². The van der Waals surface area contributed by atoms with Crippen molar-refractivity contribution in [3.05, 3.63) is 88.3 Å². The number of carbonyl (C=O) groups is 4. The van der Waals surface area contributed by atoms with E-state index in [-0.39, 0.29) is 22.0 Å². The molecule has 0 atom stereocenters. The summed E-state index contributed by atoms with van der Waals surface area (Å²) in [6.07, 6.45) is 2.78. The summed E-state index contributed by atoms with van der Waals surface area (Å²) in [6.45, 7) is -0.608. The smallest absolute Gasteiger partial charge is 0.331 e. The van der Waals surface area contributed by atoms with Gasteiger partial charge in [0, 0.05) is 5.56 Å². The Labute approximate surface area is 233 Å². The monoisotopic (exact) mass is 561 g/mol. The van der Waals surface area contributed by atoms with Crippen LogP contribution in [0.3, 0.4) is 0 Å². The summed E-state index contributed by atoms with van der Waals surface area (Å²) in [5.41, 5.74) is 3.27. The van der Waals surface area contributed by atoms with Crippen LogP contribution < -0.4 is 19.6 Å². The highest BCUT2D eigenvalue weighted by Crippen LogP contribution is 2.34. The average molecular weight is 562 g/mol. The Hall–Kier alpha value is -5.10. The van der Waals surface area contributed by atoms with Crippen molar-refractivity contribution in [1.29, 1.82) is 0 Å². The predicted molar refractivity (Wildman–Crippen MR) is 147 cm³/mol. The van der Waals surface area contributed by atoms with E-state index in [1.807, 2.05) is 0 Å². The Morgan fingerprint density at radius 3 is 2.45 bits per heavy atom. The first-order chi connectivity index (χ1) is 19.3. The zero-order valence-corrected chi connectivity index (χ0v) is 22.1. The van der Waals surface area contributed by atoms with Crippen LogP contribution in [0, 0.1) is 0 Å². The highest BCUT2D eigenvalue weighted by Gasteiger charge is 2.37. The minimum absolute atomic E-state index is 0.0386. The second kappa shape index (κ2) is 12.6. The van der Waals surface area contributed by atoms with E-state index >= 15 is 0 Å². The number of carbonyl (C=O) groups excluding carboxylic acids is 4. The molecule has 0 aromatic heterocycles. The molecule has 11 nitrogen and oxygen atoms in total. The zero-order valence-electron chi connectivity index (χ0n) is 21.3. The van der Waals surface area contributed by atoms with Gasteiger partial charge in [-0.15, -0.1) is 0 Å². The number of amides is 3. The van der Waals surface area contributed by atoms with Crippen LogP contribution in [0.1, 0.15) is 21.5 Å². The maximum atomic E-state index is 12.9. The fourth-order valence-corrected chi connectivity index (χ4v) is 4.42. The normalized spacial score (nSPS) is 14.1. The van der Waals surface area contributed by atoms with Crippen molar-refractivity contribution in [1.82, 2.24) is 10.3 Å². The van der Waals surface area contributed by atoms with Crippen molar-refractivity contribution in [2.75, 3.05) is 20.8 Å². The number of hydrazone groups is 1. The lowest BCUT2D eigenvalue weighted by Gasteiger charge is -2.12. The molecule has 1 fully saturated rings. The molecule has 1 heterocycles. The van der Waals surface area contributed by atoms with Gasteiger partial charge in [-0.25, -0.2) is 10.2 Å². The maximum Gasteiger partial charge on any atom is 0.331 e. The van der Waals surface area contributed by atoms with E-state index in [1.165, 1.54) is 44.7 Å². The number of benzene rings is 3. The highest BCUT2D eigenvalue weighted by atomic mass is 32.2. The van der Waals surface area contributed by atoms with Crippen molar-refractivity contribution in [2.24, 2.45) is 5.10 Å². The number of nitrogens with one attached hydrogen (secondary N) is 1. The molecular formula is C28H23N3O8S. The molecule has 0 saturated carbocycles. The third-order valence-corrected chi connectivity index (χ3v) is 6.43. The lowest BCUT2D eigenvalue weighted by Crippen LogP contribution is -2.35. The first-order valence-corrected chi connectivity index (χ1v) is 12.5. The summed E-state index contributed by atoms with van der Waals surface area (Å²) in [7, 11) is 2.99. The van der Waals surface area contributed by atoms with E-state index in [4.69, 9.17) is 14.2 Å². The molecule has 0 bridgehead atoms. The molecule has 0 aliphatic carbocycles. The van der Waals surface area contributed by atoms with E-state index in [0.29, 0.717) is 34.4 Å². The second-order valence-electron chi connectivity index (χ2n) is 8.11. The van der Waals surface area contributed by atoms with E-state index in [2.05, 4.69) is 10.5 Å². The SMILES string of the molecule is COc1ccc(C=C2SC(=O)N(CC(=O)Oc3ccccc3C=NNC(=O)c3ccccc3O)C2=O)cc1OC. The minimum Gasteiger partial charge on any atom is -0.507 e. The van der Waals surface area contributed by atoms with Crippen molar-refractivity contribution in [3.8, 4) is 23.0 Å². The standard InChI is InChI=1S/C28H23N3O8S/c1-37-22-12-11-17(13-23(22)38-2)14-24-27(35)31(28(36)40-24)16-25(33)39-21-10-6-3-7-18(21)15-29-30-26(34)19-8-4-5-9-20(19)32/h3-15,32H,16H2,1-2H3,(H,30,34). The zero-order chi connectivity index (χ0) is 28.6. The van der Waals surface area contributed by atoms with Gasteiger partial charge in [0.15, 0.2) is 11.5 Å². The van der Waals surface area contributed by atoms with Crippen LogP contribution in [0.4, 0.5) is 4.79 Å². The van der Waals surface area contributed by atoms with E-state index in [9.17, 15) is 24.3 Å². The van der Waals surface area contributed by atoms with Crippen LogP contribution in [0.15, 0.2) is 76.7 Å². The fraction of sp³-hybridized carbons (Fsp3) is 0.107. The molecule has 12 heteroatoms. The van der Waals surface area contributed by atoms with E-state index in [1.54, 1.807) is 48.5 Å². The first kappa shape index (κ1) is 27.9.